The second-order valence-electron chi connectivity index (χ2n) is 4.48. The topological polar surface area (TPSA) is 29.1 Å². The van der Waals surface area contributed by atoms with Crippen molar-refractivity contribution in [2.45, 2.75) is 6.42 Å². The Balaban J connectivity index is 1.95. The molecule has 0 saturated carbocycles. The lowest BCUT2D eigenvalue weighted by atomic mass is 9.93. The molecule has 0 saturated heterocycles. The van der Waals surface area contributed by atoms with Crippen LogP contribution in [0, 0.1) is 0 Å². The zero-order chi connectivity index (χ0) is 13.1. The predicted molar refractivity (Wildman–Crippen MR) is 78.9 cm³/mol. The van der Waals surface area contributed by atoms with E-state index in [4.69, 9.17) is 0 Å². The molecule has 92 valence electrons. The maximum atomic E-state index is 10.9. The highest BCUT2D eigenvalue weighted by molar-refractivity contribution is 5.94. The zero-order valence-corrected chi connectivity index (χ0v) is 10.4. The maximum absolute atomic E-state index is 10.9. The van der Waals surface area contributed by atoms with Crippen LogP contribution in [0.4, 0.5) is 11.4 Å². The Bertz CT molecular complexity index is 680. The number of para-hydroxylation sites is 1. The van der Waals surface area contributed by atoms with Crippen molar-refractivity contribution in [3.8, 4) is 0 Å². The van der Waals surface area contributed by atoms with Gasteiger partial charge in [0.05, 0.1) is 0 Å². The minimum Gasteiger partial charge on any atom is -0.356 e. The van der Waals surface area contributed by atoms with Crippen molar-refractivity contribution >= 4 is 29.0 Å². The summed E-state index contributed by atoms with van der Waals surface area (Å²) >= 11 is 0. The molecule has 0 bridgehead atoms. The second-order valence-corrected chi connectivity index (χ2v) is 4.48. The summed E-state index contributed by atoms with van der Waals surface area (Å²) in [6, 6.07) is 16.0. The number of hydrogen-bond acceptors (Lipinski definition) is 2. The quantitative estimate of drug-likeness (QED) is 0.811. The molecule has 2 heteroatoms. The highest BCUT2D eigenvalue weighted by atomic mass is 16.1. The van der Waals surface area contributed by atoms with Crippen LogP contribution in [-0.4, -0.2) is 5.94 Å². The van der Waals surface area contributed by atoms with Crippen molar-refractivity contribution in [3.05, 3.63) is 65.7 Å². The van der Waals surface area contributed by atoms with Crippen molar-refractivity contribution in [2.75, 3.05) is 5.32 Å². The standard InChI is InChI=1S/C17H13NO/c19-12-14-6-4-5-13-11-16(9-10-17(13)14)18-15-7-2-1-3-8-15/h1-5,7-11,18H,6H2. The first kappa shape index (κ1) is 11.5. The van der Waals surface area contributed by atoms with E-state index < -0.39 is 0 Å². The van der Waals surface area contributed by atoms with Crippen LogP contribution in [0.5, 0.6) is 0 Å². The molecule has 2 aromatic carbocycles. The Hall–Kier alpha value is -2.57. The molecule has 19 heavy (non-hydrogen) atoms. The van der Waals surface area contributed by atoms with E-state index >= 15 is 0 Å². The maximum Gasteiger partial charge on any atom is 0.128 e. The van der Waals surface area contributed by atoms with Gasteiger partial charge < -0.3 is 5.32 Å². The molecule has 0 radical (unpaired) electrons. The van der Waals surface area contributed by atoms with E-state index in [-0.39, 0.29) is 0 Å². The Morgan fingerprint density at radius 2 is 1.84 bits per heavy atom. The van der Waals surface area contributed by atoms with Gasteiger partial charge in [-0.2, -0.15) is 0 Å². The van der Waals surface area contributed by atoms with Gasteiger partial charge in [0, 0.05) is 23.4 Å². The predicted octanol–water partition coefficient (Wildman–Crippen LogP) is 4.06. The summed E-state index contributed by atoms with van der Waals surface area (Å²) in [5, 5.41) is 3.35. The van der Waals surface area contributed by atoms with Crippen LogP contribution in [-0.2, 0) is 4.79 Å². The molecule has 1 aliphatic carbocycles. The third kappa shape index (κ3) is 2.35. The van der Waals surface area contributed by atoms with Crippen molar-refractivity contribution in [2.24, 2.45) is 0 Å². The first-order chi connectivity index (χ1) is 9.36. The van der Waals surface area contributed by atoms with Crippen LogP contribution < -0.4 is 5.32 Å². The molecule has 1 aliphatic rings. The smallest absolute Gasteiger partial charge is 0.128 e. The number of rotatable bonds is 2. The Morgan fingerprint density at radius 1 is 1.00 bits per heavy atom. The van der Waals surface area contributed by atoms with Gasteiger partial charge in [0.25, 0.3) is 0 Å². The molecule has 0 amide bonds. The molecule has 0 heterocycles. The molecule has 0 spiro atoms. The average Bonchev–Trinajstić information content (AvgIpc) is 2.47. The van der Waals surface area contributed by atoms with Crippen LogP contribution in [0.1, 0.15) is 17.5 Å². The fraction of sp³-hybridized carbons (Fsp3) is 0.0588. The second kappa shape index (κ2) is 4.97. The highest BCUT2D eigenvalue weighted by Crippen LogP contribution is 2.30. The SMILES string of the molecule is O=C=C1CC=Cc2cc(Nc3ccccc3)ccc21. The number of allylic oxidation sites excluding steroid dienone is 2. The minimum absolute atomic E-state index is 0.669. The first-order valence-electron chi connectivity index (χ1n) is 6.24. The van der Waals surface area contributed by atoms with Gasteiger partial charge in [-0.15, -0.1) is 0 Å². The van der Waals surface area contributed by atoms with Crippen molar-refractivity contribution in [1.29, 1.82) is 0 Å². The number of benzene rings is 2. The zero-order valence-electron chi connectivity index (χ0n) is 10.4. The number of hydrogen-bond donors (Lipinski definition) is 1. The molecule has 0 fully saturated rings. The van der Waals surface area contributed by atoms with E-state index in [1.807, 2.05) is 60.6 Å². The van der Waals surface area contributed by atoms with E-state index in [9.17, 15) is 4.79 Å². The highest BCUT2D eigenvalue weighted by Gasteiger charge is 2.11. The summed E-state index contributed by atoms with van der Waals surface area (Å²) in [4.78, 5) is 10.9. The van der Waals surface area contributed by atoms with E-state index in [0.29, 0.717) is 6.42 Å². The summed E-state index contributed by atoms with van der Waals surface area (Å²) in [6.45, 7) is 0. The summed E-state index contributed by atoms with van der Waals surface area (Å²) in [7, 11) is 0. The van der Waals surface area contributed by atoms with Gasteiger partial charge in [0.15, 0.2) is 0 Å². The van der Waals surface area contributed by atoms with Gasteiger partial charge in [0.2, 0.25) is 0 Å². The molecule has 2 nitrogen and oxygen atoms in total. The van der Waals surface area contributed by atoms with Crippen molar-refractivity contribution < 1.29 is 4.79 Å². The average molecular weight is 247 g/mol. The monoisotopic (exact) mass is 247 g/mol. The van der Waals surface area contributed by atoms with Gasteiger partial charge >= 0.3 is 0 Å². The van der Waals surface area contributed by atoms with Gasteiger partial charge in [0.1, 0.15) is 5.94 Å². The van der Waals surface area contributed by atoms with E-state index in [2.05, 4.69) is 11.4 Å². The normalized spacial score (nSPS) is 12.7. The number of carbonyl (C=O) groups excluding carboxylic acids is 1. The van der Waals surface area contributed by atoms with Crippen LogP contribution >= 0.6 is 0 Å². The van der Waals surface area contributed by atoms with E-state index in [1.54, 1.807) is 0 Å². The van der Waals surface area contributed by atoms with Gasteiger partial charge in [-0.25, -0.2) is 4.79 Å². The minimum atomic E-state index is 0.669. The lowest BCUT2D eigenvalue weighted by Crippen LogP contribution is -1.96. The third-order valence-corrected chi connectivity index (χ3v) is 3.18. The van der Waals surface area contributed by atoms with Crippen LogP contribution in [0.15, 0.2) is 54.6 Å². The molecule has 1 N–H and O–H groups in total. The molecule has 0 atom stereocenters. The number of nitrogens with one attached hydrogen (secondary N) is 1. The third-order valence-electron chi connectivity index (χ3n) is 3.18. The summed E-state index contributed by atoms with van der Waals surface area (Å²) in [5.41, 5.74) is 4.83. The van der Waals surface area contributed by atoms with Crippen molar-refractivity contribution in [1.82, 2.24) is 0 Å². The molecular weight excluding hydrogens is 234 g/mol. The fourth-order valence-electron chi connectivity index (χ4n) is 2.25. The molecular formula is C17H13NO. The number of fused-ring (bicyclic) bond motifs is 1. The largest absolute Gasteiger partial charge is 0.356 e. The number of anilines is 2. The van der Waals surface area contributed by atoms with Gasteiger partial charge in [-0.3, -0.25) is 0 Å². The lowest BCUT2D eigenvalue weighted by molar-refractivity contribution is 0.569. The Kier molecular flexibility index (Phi) is 3.01. The van der Waals surface area contributed by atoms with Crippen LogP contribution in [0.3, 0.4) is 0 Å². The molecule has 2 aromatic rings. The van der Waals surface area contributed by atoms with Crippen LogP contribution in [0.2, 0.25) is 0 Å². The fourth-order valence-corrected chi connectivity index (χ4v) is 2.25. The molecule has 0 unspecified atom stereocenters. The molecule has 0 aliphatic heterocycles. The summed E-state index contributed by atoms with van der Waals surface area (Å²) in [5.74, 6) is 2.02. The Morgan fingerprint density at radius 3 is 2.63 bits per heavy atom. The summed E-state index contributed by atoms with van der Waals surface area (Å²) in [6.07, 6.45) is 4.71. The summed E-state index contributed by atoms with van der Waals surface area (Å²) < 4.78 is 0. The first-order valence-corrected chi connectivity index (χ1v) is 6.24. The van der Waals surface area contributed by atoms with Gasteiger partial charge in [-0.1, -0.05) is 36.4 Å². The molecule has 0 aromatic heterocycles. The van der Waals surface area contributed by atoms with Crippen molar-refractivity contribution in [3.63, 3.8) is 0 Å². The molecule has 3 rings (SSSR count). The lowest BCUT2D eigenvalue weighted by Gasteiger charge is -2.14. The Labute approximate surface area is 112 Å². The van der Waals surface area contributed by atoms with E-state index in [1.165, 1.54) is 0 Å². The van der Waals surface area contributed by atoms with E-state index in [0.717, 1.165) is 28.1 Å². The van der Waals surface area contributed by atoms with Gasteiger partial charge in [-0.05, 0) is 35.4 Å². The van der Waals surface area contributed by atoms with Crippen LogP contribution in [0.25, 0.3) is 11.6 Å².